The Labute approximate surface area is 161 Å². The van der Waals surface area contributed by atoms with Gasteiger partial charge in [-0.25, -0.2) is 0 Å². The maximum absolute atomic E-state index is 12.4. The third-order valence-corrected chi connectivity index (χ3v) is 5.78. The van der Waals surface area contributed by atoms with Crippen LogP contribution in [0.2, 0.25) is 0 Å². The molecule has 0 saturated heterocycles. The highest BCUT2D eigenvalue weighted by atomic mass is 16.2. The van der Waals surface area contributed by atoms with Gasteiger partial charge in [0.1, 0.15) is 0 Å². The highest BCUT2D eigenvalue weighted by Gasteiger charge is 2.31. The summed E-state index contributed by atoms with van der Waals surface area (Å²) in [6.07, 6.45) is 0. The van der Waals surface area contributed by atoms with E-state index in [2.05, 4.69) is 30.3 Å². The highest BCUT2D eigenvalue weighted by Crippen LogP contribution is 2.42. The van der Waals surface area contributed by atoms with Gasteiger partial charge >= 0.3 is 0 Å². The number of benzene rings is 5. The average Bonchev–Trinajstić information content (AvgIpc) is 2.99. The summed E-state index contributed by atoms with van der Waals surface area (Å²) in [6.45, 7) is 0. The Balaban J connectivity index is 1.85. The summed E-state index contributed by atoms with van der Waals surface area (Å²) in [6, 6.07) is 28.4. The fourth-order valence-electron chi connectivity index (χ4n) is 4.55. The molecule has 0 atom stereocenters. The van der Waals surface area contributed by atoms with Gasteiger partial charge in [-0.15, -0.1) is 0 Å². The van der Waals surface area contributed by atoms with Crippen LogP contribution in [-0.4, -0.2) is 11.6 Å². The van der Waals surface area contributed by atoms with Crippen LogP contribution in [0.3, 0.4) is 0 Å². The van der Waals surface area contributed by atoms with Gasteiger partial charge < -0.3 is 0 Å². The first-order valence-corrected chi connectivity index (χ1v) is 9.29. The Morgan fingerprint density at radius 3 is 1.68 bits per heavy atom. The van der Waals surface area contributed by atoms with Crippen molar-refractivity contribution in [2.45, 2.75) is 0 Å². The molecular weight excluding hydrogens is 344 g/mol. The number of carbonyl (C=O) groups is 2. The molecule has 28 heavy (non-hydrogen) atoms. The highest BCUT2D eigenvalue weighted by molar-refractivity contribution is 6.57. The molecule has 0 spiro atoms. The zero-order chi connectivity index (χ0) is 18.8. The monoisotopic (exact) mass is 358 g/mol. The average molecular weight is 358 g/mol. The molecule has 0 aromatic heterocycles. The Morgan fingerprint density at radius 1 is 0.464 bits per heavy atom. The third-order valence-electron chi connectivity index (χ3n) is 5.78. The second-order valence-electron chi connectivity index (χ2n) is 7.24. The van der Waals surface area contributed by atoms with E-state index >= 15 is 0 Å². The normalized spacial score (nSPS) is 13.1. The fourth-order valence-corrected chi connectivity index (χ4v) is 4.55. The number of fused-ring (bicyclic) bond motifs is 2. The second kappa shape index (κ2) is 5.37. The van der Waals surface area contributed by atoms with Crippen molar-refractivity contribution >= 4 is 43.9 Å². The van der Waals surface area contributed by atoms with Crippen molar-refractivity contribution < 1.29 is 9.59 Å². The van der Waals surface area contributed by atoms with Gasteiger partial charge in [-0.2, -0.15) is 0 Å². The summed E-state index contributed by atoms with van der Waals surface area (Å²) in [4.78, 5) is 24.8. The molecule has 0 radical (unpaired) electrons. The summed E-state index contributed by atoms with van der Waals surface area (Å²) in [5.74, 6) is -0.805. The number of carbonyl (C=O) groups excluding carboxylic acids is 2. The van der Waals surface area contributed by atoms with Gasteiger partial charge in [0.25, 0.3) is 0 Å². The van der Waals surface area contributed by atoms with Crippen molar-refractivity contribution in [3.05, 3.63) is 96.1 Å². The van der Waals surface area contributed by atoms with Gasteiger partial charge in [0, 0.05) is 16.5 Å². The van der Waals surface area contributed by atoms with Crippen molar-refractivity contribution in [2.75, 3.05) is 0 Å². The molecule has 1 aliphatic carbocycles. The van der Waals surface area contributed by atoms with Crippen LogP contribution in [0, 0.1) is 0 Å². The van der Waals surface area contributed by atoms with E-state index in [1.165, 1.54) is 10.8 Å². The molecule has 0 N–H and O–H groups in total. The molecule has 0 unspecified atom stereocenters. The SMILES string of the molecule is O=C1C(=O)c2ccc(-c3c4ccccc4cc4ccccc34)c3cccc1c23. The Bertz CT molecular complexity index is 1420. The van der Waals surface area contributed by atoms with Gasteiger partial charge in [0.2, 0.25) is 11.6 Å². The molecule has 1 aliphatic rings. The van der Waals surface area contributed by atoms with Crippen LogP contribution < -0.4 is 0 Å². The van der Waals surface area contributed by atoms with E-state index in [1.807, 2.05) is 48.5 Å². The predicted molar refractivity (Wildman–Crippen MR) is 113 cm³/mol. The van der Waals surface area contributed by atoms with Crippen molar-refractivity contribution in [3.63, 3.8) is 0 Å². The van der Waals surface area contributed by atoms with Gasteiger partial charge in [0.15, 0.2) is 0 Å². The molecule has 2 nitrogen and oxygen atoms in total. The van der Waals surface area contributed by atoms with E-state index in [0.29, 0.717) is 11.1 Å². The van der Waals surface area contributed by atoms with Crippen molar-refractivity contribution in [3.8, 4) is 11.1 Å². The predicted octanol–water partition coefficient (Wildman–Crippen LogP) is 6.19. The molecule has 0 aliphatic heterocycles. The number of ketones is 2. The van der Waals surface area contributed by atoms with Crippen LogP contribution in [0.25, 0.3) is 43.4 Å². The lowest BCUT2D eigenvalue weighted by atomic mass is 9.88. The molecular formula is C26H14O2. The first-order chi connectivity index (χ1) is 13.7. The summed E-state index contributed by atoms with van der Waals surface area (Å²) < 4.78 is 0. The van der Waals surface area contributed by atoms with E-state index in [0.717, 1.165) is 32.7 Å². The van der Waals surface area contributed by atoms with Crippen LogP contribution in [0.15, 0.2) is 84.9 Å². The quantitative estimate of drug-likeness (QED) is 0.264. The third kappa shape index (κ3) is 1.87. The van der Waals surface area contributed by atoms with E-state index in [-0.39, 0.29) is 0 Å². The van der Waals surface area contributed by atoms with E-state index in [4.69, 9.17) is 0 Å². The summed E-state index contributed by atoms with van der Waals surface area (Å²) >= 11 is 0. The van der Waals surface area contributed by atoms with Crippen LogP contribution in [0.4, 0.5) is 0 Å². The van der Waals surface area contributed by atoms with Crippen LogP contribution in [-0.2, 0) is 0 Å². The van der Waals surface area contributed by atoms with Gasteiger partial charge in [-0.05, 0) is 50.2 Å². The van der Waals surface area contributed by atoms with Crippen molar-refractivity contribution in [1.82, 2.24) is 0 Å². The number of hydrogen-bond donors (Lipinski definition) is 0. The molecule has 0 saturated carbocycles. The maximum Gasteiger partial charge on any atom is 0.234 e. The van der Waals surface area contributed by atoms with Gasteiger partial charge in [-0.3, -0.25) is 9.59 Å². The smallest absolute Gasteiger partial charge is 0.234 e. The number of Topliss-reactive ketones (excluding diaryl/α,β-unsaturated/α-hetero) is 2. The molecule has 6 rings (SSSR count). The number of rotatable bonds is 1. The zero-order valence-electron chi connectivity index (χ0n) is 14.9. The molecule has 2 heteroatoms. The first-order valence-electron chi connectivity index (χ1n) is 9.29. The molecule has 0 bridgehead atoms. The maximum atomic E-state index is 12.4. The minimum Gasteiger partial charge on any atom is -0.285 e. The molecule has 5 aromatic rings. The number of hydrogen-bond acceptors (Lipinski definition) is 2. The second-order valence-corrected chi connectivity index (χ2v) is 7.24. The van der Waals surface area contributed by atoms with Crippen LogP contribution in [0.1, 0.15) is 20.7 Å². The molecule has 5 aromatic carbocycles. The van der Waals surface area contributed by atoms with E-state index in [1.54, 1.807) is 6.07 Å². The molecule has 0 heterocycles. The standard InChI is InChI=1S/C26H14O2/c27-25-21-11-5-10-19-20(12-13-22(24(19)21)26(25)28)23-17-8-3-1-6-15(17)14-16-7-2-4-9-18(16)23/h1-14H. The molecule has 0 amide bonds. The van der Waals surface area contributed by atoms with Crippen LogP contribution in [0.5, 0.6) is 0 Å². The lowest BCUT2D eigenvalue weighted by Crippen LogP contribution is -2.05. The topological polar surface area (TPSA) is 34.1 Å². The molecule has 130 valence electrons. The summed E-state index contributed by atoms with van der Waals surface area (Å²) in [7, 11) is 0. The summed E-state index contributed by atoms with van der Waals surface area (Å²) in [5, 5.41) is 6.41. The van der Waals surface area contributed by atoms with Crippen molar-refractivity contribution in [2.24, 2.45) is 0 Å². The Kier molecular flexibility index (Phi) is 2.93. The fraction of sp³-hybridized carbons (Fsp3) is 0. The minimum atomic E-state index is -0.402. The lowest BCUT2D eigenvalue weighted by molar-refractivity contribution is 0.0825. The Morgan fingerprint density at radius 2 is 1.00 bits per heavy atom. The Hall–Kier alpha value is -3.78. The van der Waals surface area contributed by atoms with E-state index in [9.17, 15) is 9.59 Å². The lowest BCUT2D eigenvalue weighted by Gasteiger charge is -2.15. The van der Waals surface area contributed by atoms with Crippen LogP contribution >= 0.6 is 0 Å². The van der Waals surface area contributed by atoms with E-state index < -0.39 is 11.6 Å². The first kappa shape index (κ1) is 15.3. The van der Waals surface area contributed by atoms with Gasteiger partial charge in [-0.1, -0.05) is 72.8 Å². The largest absolute Gasteiger partial charge is 0.285 e. The molecule has 0 fully saturated rings. The zero-order valence-corrected chi connectivity index (χ0v) is 14.9. The van der Waals surface area contributed by atoms with Gasteiger partial charge in [0.05, 0.1) is 0 Å². The minimum absolute atomic E-state index is 0.402. The van der Waals surface area contributed by atoms with Crippen molar-refractivity contribution in [1.29, 1.82) is 0 Å². The summed E-state index contributed by atoms with van der Waals surface area (Å²) in [5.41, 5.74) is 3.23.